The second-order valence-electron chi connectivity index (χ2n) is 11.1. The molecule has 200 valence electrons. The standard InChI is InChI=1S/C38H27N3O/c1-3-12-25(13-4-1)37-39-38(26-14-5-2-6-15-26)41(37)28-17-11-16-27(22-28)40-33-20-9-7-18-29(33)31-24-36-32(23-34(31)40)30-19-8-10-21-35(30)42-36/h1-5,7-14,16-24,38H,6,15H2. The van der Waals surface area contributed by atoms with Crippen molar-refractivity contribution in [1.29, 1.82) is 0 Å². The molecule has 1 unspecified atom stereocenters. The minimum atomic E-state index is 0.00970. The van der Waals surface area contributed by atoms with Crippen molar-refractivity contribution in [2.45, 2.75) is 19.0 Å². The summed E-state index contributed by atoms with van der Waals surface area (Å²) in [6.07, 6.45) is 8.74. The molecule has 0 N–H and O–H groups in total. The molecule has 2 aromatic heterocycles. The minimum absolute atomic E-state index is 0.00970. The van der Waals surface area contributed by atoms with Crippen LogP contribution >= 0.6 is 0 Å². The molecule has 4 heteroatoms. The molecule has 5 aromatic carbocycles. The summed E-state index contributed by atoms with van der Waals surface area (Å²) in [6, 6.07) is 40.9. The van der Waals surface area contributed by atoms with E-state index in [1.807, 2.05) is 12.1 Å². The Bertz CT molecular complexity index is 2260. The second-order valence-corrected chi connectivity index (χ2v) is 11.1. The van der Waals surface area contributed by atoms with Crippen molar-refractivity contribution >= 4 is 55.3 Å². The molecule has 0 bridgehead atoms. The van der Waals surface area contributed by atoms with Gasteiger partial charge >= 0.3 is 0 Å². The van der Waals surface area contributed by atoms with Crippen molar-refractivity contribution in [3.63, 3.8) is 0 Å². The topological polar surface area (TPSA) is 33.7 Å². The summed E-state index contributed by atoms with van der Waals surface area (Å²) in [5, 5.41) is 4.68. The van der Waals surface area contributed by atoms with Crippen LogP contribution < -0.4 is 4.90 Å². The van der Waals surface area contributed by atoms with E-state index in [9.17, 15) is 0 Å². The van der Waals surface area contributed by atoms with Gasteiger partial charge in [0.15, 0.2) is 6.17 Å². The van der Waals surface area contributed by atoms with Crippen LogP contribution in [0.25, 0.3) is 49.4 Å². The normalized spacial score (nSPS) is 16.8. The van der Waals surface area contributed by atoms with E-state index < -0.39 is 0 Å². The van der Waals surface area contributed by atoms with Gasteiger partial charge in [0.05, 0.1) is 11.0 Å². The fourth-order valence-corrected chi connectivity index (χ4v) is 6.69. The number of nitrogens with zero attached hydrogens (tertiary/aromatic N) is 3. The number of para-hydroxylation sites is 2. The molecule has 2 aliphatic rings. The number of rotatable bonds is 4. The Morgan fingerprint density at radius 3 is 2.33 bits per heavy atom. The van der Waals surface area contributed by atoms with Gasteiger partial charge in [-0.05, 0) is 60.9 Å². The Morgan fingerprint density at radius 2 is 1.45 bits per heavy atom. The maximum Gasteiger partial charge on any atom is 0.151 e. The molecule has 42 heavy (non-hydrogen) atoms. The monoisotopic (exact) mass is 541 g/mol. The smallest absolute Gasteiger partial charge is 0.151 e. The lowest BCUT2D eigenvalue weighted by Crippen LogP contribution is -2.50. The van der Waals surface area contributed by atoms with E-state index in [4.69, 9.17) is 9.41 Å². The first-order chi connectivity index (χ1) is 20.8. The molecule has 0 radical (unpaired) electrons. The summed E-state index contributed by atoms with van der Waals surface area (Å²) < 4.78 is 8.68. The number of benzene rings is 5. The van der Waals surface area contributed by atoms with Gasteiger partial charge in [0, 0.05) is 38.5 Å². The van der Waals surface area contributed by atoms with Crippen LogP contribution in [0.2, 0.25) is 0 Å². The lowest BCUT2D eigenvalue weighted by molar-refractivity contribution is 0.669. The average Bonchev–Trinajstić information content (AvgIpc) is 3.55. The van der Waals surface area contributed by atoms with E-state index in [-0.39, 0.29) is 6.17 Å². The molecule has 1 aliphatic heterocycles. The van der Waals surface area contributed by atoms with Crippen molar-refractivity contribution in [3.8, 4) is 5.69 Å². The molecule has 0 saturated carbocycles. The lowest BCUT2D eigenvalue weighted by atomic mass is 9.97. The highest BCUT2D eigenvalue weighted by atomic mass is 16.3. The third kappa shape index (κ3) is 3.45. The first-order valence-corrected chi connectivity index (χ1v) is 14.6. The van der Waals surface area contributed by atoms with Gasteiger partial charge in [-0.15, -0.1) is 0 Å². The van der Waals surface area contributed by atoms with Crippen LogP contribution in [0.1, 0.15) is 18.4 Å². The van der Waals surface area contributed by atoms with Crippen LogP contribution in [-0.4, -0.2) is 16.6 Å². The van der Waals surface area contributed by atoms with Crippen molar-refractivity contribution < 1.29 is 4.42 Å². The number of fused-ring (bicyclic) bond motifs is 6. The number of allylic oxidation sites excluding steroid dienone is 3. The van der Waals surface area contributed by atoms with Gasteiger partial charge in [-0.2, -0.15) is 0 Å². The fourth-order valence-electron chi connectivity index (χ4n) is 6.69. The number of aromatic nitrogens is 1. The maximum absolute atomic E-state index is 6.28. The van der Waals surface area contributed by atoms with E-state index >= 15 is 0 Å². The summed E-state index contributed by atoms with van der Waals surface area (Å²) in [5.74, 6) is 1.02. The summed E-state index contributed by atoms with van der Waals surface area (Å²) in [6.45, 7) is 0. The van der Waals surface area contributed by atoms with E-state index in [0.29, 0.717) is 0 Å². The molecule has 4 nitrogen and oxygen atoms in total. The van der Waals surface area contributed by atoms with E-state index in [0.717, 1.165) is 57.6 Å². The molecule has 0 fully saturated rings. The van der Waals surface area contributed by atoms with Gasteiger partial charge < -0.3 is 8.98 Å². The van der Waals surface area contributed by atoms with E-state index in [1.165, 1.54) is 27.4 Å². The first-order valence-electron chi connectivity index (χ1n) is 14.6. The molecule has 0 amide bonds. The van der Waals surface area contributed by atoms with Gasteiger partial charge in [-0.1, -0.05) is 91.0 Å². The van der Waals surface area contributed by atoms with Crippen LogP contribution in [0.5, 0.6) is 0 Å². The molecule has 0 spiro atoms. The lowest BCUT2D eigenvalue weighted by Gasteiger charge is -2.42. The number of furan rings is 1. The van der Waals surface area contributed by atoms with Gasteiger partial charge in [0.25, 0.3) is 0 Å². The Balaban J connectivity index is 1.25. The van der Waals surface area contributed by atoms with Crippen molar-refractivity contribution in [2.75, 3.05) is 4.90 Å². The highest BCUT2D eigenvalue weighted by Crippen LogP contribution is 2.40. The molecule has 0 saturated heterocycles. The highest BCUT2D eigenvalue weighted by Gasteiger charge is 2.35. The van der Waals surface area contributed by atoms with Gasteiger partial charge in [0.1, 0.15) is 17.0 Å². The zero-order valence-electron chi connectivity index (χ0n) is 22.9. The Labute approximate surface area is 243 Å². The largest absolute Gasteiger partial charge is 0.456 e. The molecule has 7 aromatic rings. The zero-order chi connectivity index (χ0) is 27.6. The van der Waals surface area contributed by atoms with Gasteiger partial charge in [-0.25, -0.2) is 4.99 Å². The zero-order valence-corrected chi connectivity index (χ0v) is 22.9. The quantitative estimate of drug-likeness (QED) is 0.222. The third-order valence-corrected chi connectivity index (χ3v) is 8.66. The van der Waals surface area contributed by atoms with Crippen molar-refractivity contribution in [3.05, 3.63) is 145 Å². The van der Waals surface area contributed by atoms with Crippen molar-refractivity contribution in [1.82, 2.24) is 4.57 Å². The van der Waals surface area contributed by atoms with Crippen LogP contribution in [0.15, 0.2) is 148 Å². The average molecular weight is 542 g/mol. The molecule has 9 rings (SSSR count). The summed E-state index contributed by atoms with van der Waals surface area (Å²) >= 11 is 0. The van der Waals surface area contributed by atoms with Crippen molar-refractivity contribution in [2.24, 2.45) is 4.99 Å². The minimum Gasteiger partial charge on any atom is -0.456 e. The Morgan fingerprint density at radius 1 is 0.643 bits per heavy atom. The van der Waals surface area contributed by atoms with E-state index in [1.54, 1.807) is 0 Å². The molecular formula is C38H27N3O. The first kappa shape index (κ1) is 23.4. The van der Waals surface area contributed by atoms with Gasteiger partial charge in [-0.3, -0.25) is 4.90 Å². The van der Waals surface area contributed by atoms with Crippen LogP contribution in [-0.2, 0) is 0 Å². The van der Waals surface area contributed by atoms with Crippen LogP contribution in [0, 0.1) is 0 Å². The molecule has 1 aliphatic carbocycles. The Kier molecular flexibility index (Phi) is 5.05. The maximum atomic E-state index is 6.28. The predicted molar refractivity (Wildman–Crippen MR) is 174 cm³/mol. The number of amidine groups is 1. The Hall–Kier alpha value is -5.35. The molecule has 1 atom stereocenters. The number of hydrogen-bond donors (Lipinski definition) is 0. The number of anilines is 1. The third-order valence-electron chi connectivity index (χ3n) is 8.66. The predicted octanol–water partition coefficient (Wildman–Crippen LogP) is 9.55. The SMILES string of the molecule is C1=CCCC(C2N=C(c3ccccc3)N2c2cccc(-n3c4ccccc4c4cc5oc6ccccc6c5cc43)c2)=C1. The van der Waals surface area contributed by atoms with Crippen LogP contribution in [0.3, 0.4) is 0 Å². The second kappa shape index (κ2) is 9.08. The highest BCUT2D eigenvalue weighted by molar-refractivity contribution is 6.17. The summed E-state index contributed by atoms with van der Waals surface area (Å²) in [4.78, 5) is 7.55. The number of aliphatic imine (C=N–C) groups is 1. The molecular weight excluding hydrogens is 514 g/mol. The summed E-state index contributed by atoms with van der Waals surface area (Å²) in [7, 11) is 0. The fraction of sp³-hybridized carbons (Fsp3) is 0.0789. The van der Waals surface area contributed by atoms with Crippen LogP contribution in [0.4, 0.5) is 5.69 Å². The molecule has 3 heterocycles. The van der Waals surface area contributed by atoms with Gasteiger partial charge in [0.2, 0.25) is 0 Å². The number of hydrogen-bond acceptors (Lipinski definition) is 3. The summed E-state index contributed by atoms with van der Waals surface area (Å²) in [5.41, 5.74) is 8.95. The van der Waals surface area contributed by atoms with E-state index in [2.05, 4.69) is 131 Å².